The molecule has 1 aliphatic rings. The molecule has 11 nitrogen and oxygen atoms in total. The van der Waals surface area contributed by atoms with Gasteiger partial charge in [-0.15, -0.1) is 0 Å². The molecule has 8 unspecified atom stereocenters. The second-order valence-corrected chi connectivity index (χ2v) is 21.5. The molecular formula is C62H115NO10. The van der Waals surface area contributed by atoms with Gasteiger partial charge in [0, 0.05) is 6.42 Å². The molecule has 0 saturated carbocycles. The van der Waals surface area contributed by atoms with Gasteiger partial charge in [0.2, 0.25) is 5.91 Å². The number of unbranched alkanes of at least 4 members (excludes halogenated alkanes) is 35. The Kier molecular flexibility index (Phi) is 47.8. The van der Waals surface area contributed by atoms with E-state index in [-0.39, 0.29) is 13.0 Å². The van der Waals surface area contributed by atoms with Crippen molar-refractivity contribution in [3.05, 3.63) is 36.5 Å². The standard InChI is InChI=1S/C62H115NO10/c1-4-7-10-13-16-19-22-25-27-29-31-34-37-40-43-46-49-55(66)61(70)63-53(54(65)48-45-42-39-36-33-30-24-21-18-15-12-9-6-3)52-71-62-60(59(69)58(68)56(51-64)72-62)73-57(67)50-47-44-41-38-35-32-28-26-23-20-17-14-11-8-5-2/h17,20,23,26,45,48,53-56,58-60,62,64-66,68-69H,4-16,18-19,21-22,24-25,27-44,46-47,49-52H2,1-3H3,(H,63,70)/b20-17+,26-23+,48-45+. The second-order valence-electron chi connectivity index (χ2n) is 21.5. The van der Waals surface area contributed by atoms with E-state index in [0.717, 1.165) is 83.5 Å². The van der Waals surface area contributed by atoms with Gasteiger partial charge in [0.05, 0.1) is 25.4 Å². The molecule has 1 saturated heterocycles. The average molecular weight is 1030 g/mol. The third kappa shape index (κ3) is 39.0. The highest BCUT2D eigenvalue weighted by Crippen LogP contribution is 2.26. The minimum Gasteiger partial charge on any atom is -0.454 e. The summed E-state index contributed by atoms with van der Waals surface area (Å²) in [6.07, 6.45) is 48.9. The Morgan fingerprint density at radius 1 is 0.534 bits per heavy atom. The fraction of sp³-hybridized carbons (Fsp3) is 0.871. The van der Waals surface area contributed by atoms with Crippen LogP contribution in [0.4, 0.5) is 0 Å². The zero-order chi connectivity index (χ0) is 53.3. The van der Waals surface area contributed by atoms with Crippen LogP contribution in [-0.2, 0) is 23.8 Å². The lowest BCUT2D eigenvalue weighted by Crippen LogP contribution is -2.61. The fourth-order valence-corrected chi connectivity index (χ4v) is 9.64. The van der Waals surface area contributed by atoms with Crippen molar-refractivity contribution in [2.45, 2.75) is 333 Å². The summed E-state index contributed by atoms with van der Waals surface area (Å²) in [6.45, 7) is 5.77. The first kappa shape index (κ1) is 68.9. The molecule has 8 atom stereocenters. The van der Waals surface area contributed by atoms with Crippen molar-refractivity contribution in [2.24, 2.45) is 0 Å². The highest BCUT2D eigenvalue weighted by atomic mass is 16.7. The van der Waals surface area contributed by atoms with Gasteiger partial charge < -0.3 is 45.1 Å². The van der Waals surface area contributed by atoms with Crippen molar-refractivity contribution >= 4 is 11.9 Å². The lowest BCUT2D eigenvalue weighted by atomic mass is 9.99. The van der Waals surface area contributed by atoms with E-state index < -0.39 is 67.4 Å². The van der Waals surface area contributed by atoms with Crippen LogP contribution in [0.5, 0.6) is 0 Å². The number of allylic oxidation sites excluding steroid dienone is 5. The van der Waals surface area contributed by atoms with Gasteiger partial charge >= 0.3 is 5.97 Å². The molecule has 0 aromatic carbocycles. The Bertz CT molecular complexity index is 1330. The van der Waals surface area contributed by atoms with Gasteiger partial charge in [0.25, 0.3) is 0 Å². The maximum atomic E-state index is 13.4. The third-order valence-corrected chi connectivity index (χ3v) is 14.6. The first-order valence-corrected chi connectivity index (χ1v) is 30.8. The molecule has 1 heterocycles. The normalized spacial score (nSPS) is 19.6. The van der Waals surface area contributed by atoms with Crippen LogP contribution < -0.4 is 5.32 Å². The summed E-state index contributed by atoms with van der Waals surface area (Å²) < 4.78 is 17.6. The van der Waals surface area contributed by atoms with E-state index in [1.165, 1.54) is 154 Å². The highest BCUT2D eigenvalue weighted by Gasteiger charge is 2.47. The van der Waals surface area contributed by atoms with E-state index in [2.05, 4.69) is 50.4 Å². The van der Waals surface area contributed by atoms with E-state index in [1.54, 1.807) is 6.08 Å². The van der Waals surface area contributed by atoms with E-state index in [1.807, 2.05) is 6.08 Å². The number of hydrogen-bond donors (Lipinski definition) is 6. The van der Waals surface area contributed by atoms with Gasteiger partial charge in [-0.25, -0.2) is 0 Å². The van der Waals surface area contributed by atoms with Gasteiger partial charge in [-0.2, -0.15) is 0 Å². The third-order valence-electron chi connectivity index (χ3n) is 14.6. The zero-order valence-electron chi connectivity index (χ0n) is 47.3. The lowest BCUT2D eigenvalue weighted by molar-refractivity contribution is -0.305. The lowest BCUT2D eigenvalue weighted by Gasteiger charge is -2.41. The summed E-state index contributed by atoms with van der Waals surface area (Å²) in [7, 11) is 0. The smallest absolute Gasteiger partial charge is 0.306 e. The van der Waals surface area contributed by atoms with Crippen molar-refractivity contribution in [3.63, 3.8) is 0 Å². The number of hydrogen-bond acceptors (Lipinski definition) is 10. The number of esters is 1. The molecule has 1 rings (SSSR count). The van der Waals surface area contributed by atoms with E-state index in [4.69, 9.17) is 14.2 Å². The molecule has 428 valence electrons. The molecule has 1 aliphatic heterocycles. The van der Waals surface area contributed by atoms with Crippen molar-refractivity contribution < 1.29 is 49.3 Å². The molecule has 11 heteroatoms. The van der Waals surface area contributed by atoms with Crippen LogP contribution in [0.3, 0.4) is 0 Å². The Morgan fingerprint density at radius 3 is 1.40 bits per heavy atom. The molecule has 6 N–H and O–H groups in total. The van der Waals surface area contributed by atoms with Gasteiger partial charge in [-0.1, -0.05) is 263 Å². The maximum Gasteiger partial charge on any atom is 0.306 e. The quantitative estimate of drug-likeness (QED) is 0.0149. The maximum absolute atomic E-state index is 13.4. The summed E-state index contributed by atoms with van der Waals surface area (Å²) in [5, 5.41) is 56.9. The number of aliphatic hydroxyl groups is 5. The summed E-state index contributed by atoms with van der Waals surface area (Å²) in [5.74, 6) is -1.20. The molecule has 0 aliphatic carbocycles. The second kappa shape index (κ2) is 50.7. The van der Waals surface area contributed by atoms with Gasteiger partial charge in [0.1, 0.15) is 24.4 Å². The summed E-state index contributed by atoms with van der Waals surface area (Å²) in [4.78, 5) is 26.5. The van der Waals surface area contributed by atoms with Gasteiger partial charge in [0.15, 0.2) is 12.4 Å². The fourth-order valence-electron chi connectivity index (χ4n) is 9.64. The van der Waals surface area contributed by atoms with Crippen LogP contribution in [0.15, 0.2) is 36.5 Å². The van der Waals surface area contributed by atoms with Crippen molar-refractivity contribution in [1.29, 1.82) is 0 Å². The van der Waals surface area contributed by atoms with E-state index in [0.29, 0.717) is 19.3 Å². The van der Waals surface area contributed by atoms with E-state index >= 15 is 0 Å². The zero-order valence-corrected chi connectivity index (χ0v) is 47.3. The average Bonchev–Trinajstić information content (AvgIpc) is 3.39. The number of rotatable bonds is 52. The first-order chi connectivity index (χ1) is 35.7. The van der Waals surface area contributed by atoms with Crippen LogP contribution in [0.25, 0.3) is 0 Å². The van der Waals surface area contributed by atoms with Crippen LogP contribution >= 0.6 is 0 Å². The largest absolute Gasteiger partial charge is 0.454 e. The topological polar surface area (TPSA) is 175 Å². The summed E-state index contributed by atoms with van der Waals surface area (Å²) >= 11 is 0. The molecule has 73 heavy (non-hydrogen) atoms. The molecule has 0 bridgehead atoms. The van der Waals surface area contributed by atoms with E-state index in [9.17, 15) is 35.1 Å². The minimum atomic E-state index is -1.62. The molecule has 0 aromatic heterocycles. The predicted molar refractivity (Wildman–Crippen MR) is 301 cm³/mol. The molecule has 0 radical (unpaired) electrons. The molecular weight excluding hydrogens is 919 g/mol. The Hall–Kier alpha value is -2.12. The van der Waals surface area contributed by atoms with Crippen LogP contribution in [-0.4, -0.2) is 99.6 Å². The van der Waals surface area contributed by atoms with Gasteiger partial charge in [-0.05, 0) is 51.4 Å². The molecule has 0 spiro atoms. The van der Waals surface area contributed by atoms with Crippen molar-refractivity contribution in [3.8, 4) is 0 Å². The molecule has 1 fully saturated rings. The number of ether oxygens (including phenoxy) is 3. The first-order valence-electron chi connectivity index (χ1n) is 30.8. The van der Waals surface area contributed by atoms with Crippen LogP contribution in [0.2, 0.25) is 0 Å². The van der Waals surface area contributed by atoms with Crippen LogP contribution in [0.1, 0.15) is 284 Å². The minimum absolute atomic E-state index is 0.112. The number of carbonyl (C=O) groups is 2. The summed E-state index contributed by atoms with van der Waals surface area (Å²) in [6, 6.07) is -1.02. The highest BCUT2D eigenvalue weighted by molar-refractivity contribution is 5.80. The Balaban J connectivity index is 2.71. The van der Waals surface area contributed by atoms with Gasteiger partial charge in [-0.3, -0.25) is 9.59 Å². The monoisotopic (exact) mass is 1030 g/mol. The number of nitrogens with one attached hydrogen (secondary N) is 1. The number of amides is 1. The summed E-state index contributed by atoms with van der Waals surface area (Å²) in [5.41, 5.74) is 0. The molecule has 0 aromatic rings. The predicted octanol–water partition coefficient (Wildman–Crippen LogP) is 14.3. The SMILES string of the molecule is CCCCC/C=C/C=C/CCCCCCCCC(=O)OC1C(OCC(NC(=O)C(O)CCCCCCCCCCCCCCCCCC)C(O)/C=C/CCCCCCCCCCCCC)OC(CO)C(O)C1O. The van der Waals surface area contributed by atoms with Crippen molar-refractivity contribution in [1.82, 2.24) is 5.32 Å². The Morgan fingerprint density at radius 2 is 0.932 bits per heavy atom. The van der Waals surface area contributed by atoms with Crippen LogP contribution in [0, 0.1) is 0 Å². The number of carbonyl (C=O) groups excluding carboxylic acids is 2. The molecule has 1 amide bonds. The Labute approximate surface area is 447 Å². The number of aliphatic hydroxyl groups excluding tert-OH is 5. The van der Waals surface area contributed by atoms with Crippen molar-refractivity contribution in [2.75, 3.05) is 13.2 Å².